The van der Waals surface area contributed by atoms with E-state index in [1.807, 2.05) is 60.7 Å². The molecule has 5 nitrogen and oxygen atoms in total. The largest absolute Gasteiger partial charge is 0.502 e. The number of aliphatic hydroxyl groups excluding tert-OH is 1. The smallest absolute Gasteiger partial charge is 0.194 e. The Morgan fingerprint density at radius 1 is 0.733 bits per heavy atom. The molecule has 0 aliphatic rings. The molecular weight excluding hydrogens is 387 g/mol. The molecule has 2 N–H and O–H groups in total. The zero-order valence-electron chi connectivity index (χ0n) is 16.5. The number of hydrogen-bond donors (Lipinski definition) is 2. The quantitative estimate of drug-likeness (QED) is 0.497. The van der Waals surface area contributed by atoms with Crippen molar-refractivity contribution in [1.29, 1.82) is 0 Å². The van der Waals surface area contributed by atoms with Crippen LogP contribution in [0.15, 0.2) is 78.9 Å². The highest BCUT2D eigenvalue weighted by Gasteiger charge is 2.24. The first-order chi connectivity index (χ1) is 14.6. The Hall–Kier alpha value is -2.93. The summed E-state index contributed by atoms with van der Waals surface area (Å²) < 4.78 is 30.6. The molecule has 0 saturated carbocycles. The predicted octanol–water partition coefficient (Wildman–Crippen LogP) is 4.07. The number of aliphatic hydroxyl groups is 1. The summed E-state index contributed by atoms with van der Waals surface area (Å²) in [6, 6.07) is 23.1. The number of phenols is 1. The lowest BCUT2D eigenvalue weighted by atomic mass is 10.2. The molecule has 0 radical (unpaired) electrons. The number of rotatable bonds is 11. The van der Waals surface area contributed by atoms with E-state index in [0.29, 0.717) is 13.2 Å². The van der Waals surface area contributed by atoms with Crippen LogP contribution in [0.5, 0.6) is 11.5 Å². The van der Waals surface area contributed by atoms with Gasteiger partial charge in [0.15, 0.2) is 23.4 Å². The molecule has 158 valence electrons. The summed E-state index contributed by atoms with van der Waals surface area (Å²) >= 11 is 0. The maximum atomic E-state index is 13.6. The van der Waals surface area contributed by atoms with Gasteiger partial charge >= 0.3 is 0 Å². The molecule has 0 heterocycles. The van der Waals surface area contributed by atoms with Crippen LogP contribution >= 0.6 is 0 Å². The van der Waals surface area contributed by atoms with E-state index in [1.54, 1.807) is 0 Å². The van der Waals surface area contributed by atoms with Crippen molar-refractivity contribution in [3.05, 3.63) is 95.8 Å². The van der Waals surface area contributed by atoms with Gasteiger partial charge in [-0.25, -0.2) is 4.39 Å². The first-order valence-corrected chi connectivity index (χ1v) is 9.69. The van der Waals surface area contributed by atoms with E-state index in [9.17, 15) is 14.6 Å². The zero-order chi connectivity index (χ0) is 21.2. The number of hydrogen-bond acceptors (Lipinski definition) is 5. The number of benzene rings is 3. The van der Waals surface area contributed by atoms with Crippen molar-refractivity contribution in [2.24, 2.45) is 0 Å². The first-order valence-electron chi connectivity index (χ1n) is 9.69. The van der Waals surface area contributed by atoms with Crippen LogP contribution in [0.3, 0.4) is 0 Å². The van der Waals surface area contributed by atoms with E-state index in [-0.39, 0.29) is 19.0 Å². The third-order valence-corrected chi connectivity index (χ3v) is 4.45. The molecular formula is C24H25FO5. The van der Waals surface area contributed by atoms with Gasteiger partial charge in [-0.05, 0) is 23.3 Å². The molecule has 0 aliphatic heterocycles. The Labute approximate surface area is 175 Å². The predicted molar refractivity (Wildman–Crippen MR) is 111 cm³/mol. The number of para-hydroxylation sites is 1. The molecule has 0 unspecified atom stereocenters. The van der Waals surface area contributed by atoms with Gasteiger partial charge in [0.1, 0.15) is 6.10 Å². The average Bonchev–Trinajstić information content (AvgIpc) is 2.77. The average molecular weight is 412 g/mol. The molecule has 0 amide bonds. The standard InChI is InChI=1S/C24H25FO5/c25-20-12-7-13-22(24(20)27)30-23(17-29-15-19-10-5-2-6-11-19)21(26)16-28-14-18-8-3-1-4-9-18/h1-13,21,23,26-27H,14-17H2/t21-,23+/m1/s1. The highest BCUT2D eigenvalue weighted by Crippen LogP contribution is 2.29. The lowest BCUT2D eigenvalue weighted by Gasteiger charge is -2.24. The lowest BCUT2D eigenvalue weighted by molar-refractivity contribution is -0.0658. The van der Waals surface area contributed by atoms with Crippen LogP contribution in [-0.2, 0) is 22.7 Å². The van der Waals surface area contributed by atoms with Crippen molar-refractivity contribution in [2.45, 2.75) is 25.4 Å². The molecule has 6 heteroatoms. The Balaban J connectivity index is 1.60. The maximum Gasteiger partial charge on any atom is 0.194 e. The van der Waals surface area contributed by atoms with Crippen molar-refractivity contribution in [1.82, 2.24) is 0 Å². The highest BCUT2D eigenvalue weighted by molar-refractivity contribution is 5.39. The van der Waals surface area contributed by atoms with Crippen molar-refractivity contribution in [2.75, 3.05) is 13.2 Å². The van der Waals surface area contributed by atoms with Gasteiger partial charge in [-0.2, -0.15) is 0 Å². The van der Waals surface area contributed by atoms with Crippen molar-refractivity contribution in [3.63, 3.8) is 0 Å². The zero-order valence-corrected chi connectivity index (χ0v) is 16.5. The van der Waals surface area contributed by atoms with E-state index in [1.165, 1.54) is 12.1 Å². The first kappa shape index (κ1) is 21.8. The van der Waals surface area contributed by atoms with Gasteiger partial charge < -0.3 is 24.4 Å². The third kappa shape index (κ3) is 6.56. The molecule has 3 aromatic rings. The SMILES string of the molecule is Oc1c(F)cccc1O[C@@H](COCc1ccccc1)[C@H](O)COCc1ccccc1. The molecule has 0 fully saturated rings. The second-order valence-electron chi connectivity index (χ2n) is 6.81. The van der Waals surface area contributed by atoms with Gasteiger partial charge in [-0.15, -0.1) is 0 Å². The number of halogens is 1. The minimum Gasteiger partial charge on any atom is -0.502 e. The monoisotopic (exact) mass is 412 g/mol. The van der Waals surface area contributed by atoms with Crippen LogP contribution in [0.4, 0.5) is 4.39 Å². The number of aromatic hydroxyl groups is 1. The number of phenolic OH excluding ortho intramolecular Hbond substituents is 1. The van der Waals surface area contributed by atoms with Gasteiger partial charge in [0.2, 0.25) is 0 Å². The molecule has 30 heavy (non-hydrogen) atoms. The molecule has 0 spiro atoms. The summed E-state index contributed by atoms with van der Waals surface area (Å²) in [5, 5.41) is 20.5. The molecule has 0 aromatic heterocycles. The molecule has 0 aliphatic carbocycles. The highest BCUT2D eigenvalue weighted by atomic mass is 19.1. The Morgan fingerprint density at radius 3 is 1.90 bits per heavy atom. The summed E-state index contributed by atoms with van der Waals surface area (Å²) in [6.07, 6.45) is -1.91. The van der Waals surface area contributed by atoms with Crippen LogP contribution in [0.2, 0.25) is 0 Å². The van der Waals surface area contributed by atoms with E-state index in [4.69, 9.17) is 14.2 Å². The topological polar surface area (TPSA) is 68.2 Å². The minimum atomic E-state index is -1.05. The fourth-order valence-corrected chi connectivity index (χ4v) is 2.82. The number of ether oxygens (including phenoxy) is 3. The van der Waals surface area contributed by atoms with Gasteiger partial charge in [-0.3, -0.25) is 0 Å². The summed E-state index contributed by atoms with van der Waals surface area (Å²) in [7, 11) is 0. The van der Waals surface area contributed by atoms with E-state index < -0.39 is 23.8 Å². The van der Waals surface area contributed by atoms with Crippen molar-refractivity contribution >= 4 is 0 Å². The van der Waals surface area contributed by atoms with Crippen LogP contribution in [0, 0.1) is 5.82 Å². The van der Waals surface area contributed by atoms with Gasteiger partial charge in [0.05, 0.1) is 26.4 Å². The Bertz CT molecular complexity index is 889. The second-order valence-corrected chi connectivity index (χ2v) is 6.81. The van der Waals surface area contributed by atoms with Crippen molar-refractivity contribution < 1.29 is 28.8 Å². The molecule has 0 bridgehead atoms. The van der Waals surface area contributed by atoms with Crippen LogP contribution in [0.25, 0.3) is 0 Å². The van der Waals surface area contributed by atoms with E-state index >= 15 is 0 Å². The van der Waals surface area contributed by atoms with Crippen LogP contribution in [-0.4, -0.2) is 35.6 Å². The Morgan fingerprint density at radius 2 is 1.30 bits per heavy atom. The van der Waals surface area contributed by atoms with E-state index in [0.717, 1.165) is 17.2 Å². The van der Waals surface area contributed by atoms with Gasteiger partial charge in [-0.1, -0.05) is 66.7 Å². The lowest BCUT2D eigenvalue weighted by Crippen LogP contribution is -2.39. The van der Waals surface area contributed by atoms with Crippen molar-refractivity contribution in [3.8, 4) is 11.5 Å². The molecule has 2 atom stereocenters. The minimum absolute atomic E-state index is 0.00959. The summed E-state index contributed by atoms with van der Waals surface area (Å²) in [4.78, 5) is 0. The maximum absolute atomic E-state index is 13.6. The summed E-state index contributed by atoms with van der Waals surface area (Å²) in [5.41, 5.74) is 1.95. The molecule has 0 saturated heterocycles. The van der Waals surface area contributed by atoms with E-state index in [2.05, 4.69) is 0 Å². The summed E-state index contributed by atoms with van der Waals surface area (Å²) in [5.74, 6) is -1.47. The fourth-order valence-electron chi connectivity index (χ4n) is 2.82. The molecule has 3 rings (SSSR count). The Kier molecular flexibility index (Phi) is 8.20. The van der Waals surface area contributed by atoms with Gasteiger partial charge in [0, 0.05) is 0 Å². The van der Waals surface area contributed by atoms with Crippen LogP contribution < -0.4 is 4.74 Å². The fraction of sp³-hybridized carbons (Fsp3) is 0.250. The normalized spacial score (nSPS) is 13.0. The van der Waals surface area contributed by atoms with Crippen LogP contribution in [0.1, 0.15) is 11.1 Å². The summed E-state index contributed by atoms with van der Waals surface area (Å²) in [6.45, 7) is 0.680. The third-order valence-electron chi connectivity index (χ3n) is 4.45. The molecule has 3 aromatic carbocycles. The second kappa shape index (κ2) is 11.3. The van der Waals surface area contributed by atoms with Gasteiger partial charge in [0.25, 0.3) is 0 Å².